The summed E-state index contributed by atoms with van der Waals surface area (Å²) in [6.45, 7) is 6.71. The predicted octanol–water partition coefficient (Wildman–Crippen LogP) is 3.66. The molecule has 0 unspecified atom stereocenters. The molecule has 0 radical (unpaired) electrons. The molecule has 1 fully saturated rings. The van der Waals surface area contributed by atoms with E-state index in [1.54, 1.807) is 6.21 Å². The molecule has 2 aromatic carbocycles. The Bertz CT molecular complexity index is 858. The van der Waals surface area contributed by atoms with Crippen LogP contribution in [0.4, 0.5) is 0 Å². The minimum absolute atomic E-state index is 0.0895. The van der Waals surface area contributed by atoms with E-state index < -0.39 is 0 Å². The van der Waals surface area contributed by atoms with Gasteiger partial charge in [0.05, 0.1) is 12.8 Å². The third-order valence-corrected chi connectivity index (χ3v) is 5.20. The first-order valence-electron chi connectivity index (χ1n) is 9.83. The molecule has 0 saturated carbocycles. The Morgan fingerprint density at radius 2 is 1.69 bits per heavy atom. The molecule has 152 valence electrons. The van der Waals surface area contributed by atoms with Crippen molar-refractivity contribution in [3.05, 3.63) is 76.3 Å². The fraction of sp³-hybridized carbons (Fsp3) is 0.304. The van der Waals surface area contributed by atoms with Crippen molar-refractivity contribution in [3.63, 3.8) is 0 Å². The number of hydrogen-bond acceptors (Lipinski definition) is 4. The van der Waals surface area contributed by atoms with Gasteiger partial charge in [0.2, 0.25) is 0 Å². The molecule has 5 nitrogen and oxygen atoms in total. The van der Waals surface area contributed by atoms with Crippen molar-refractivity contribution in [2.75, 3.05) is 32.7 Å². The highest BCUT2D eigenvalue weighted by atomic mass is 35.5. The number of benzene rings is 2. The Labute approximate surface area is 177 Å². The second kappa shape index (κ2) is 10.9. The van der Waals surface area contributed by atoms with Crippen LogP contribution in [0.15, 0.2) is 65.3 Å². The zero-order valence-corrected chi connectivity index (χ0v) is 17.5. The van der Waals surface area contributed by atoms with Crippen molar-refractivity contribution in [2.24, 2.45) is 5.10 Å². The van der Waals surface area contributed by atoms with Gasteiger partial charge in [-0.05, 0) is 29.7 Å². The molecule has 6 heteroatoms. The number of nitrogens with one attached hydrogen (secondary N) is 1. The quantitative estimate of drug-likeness (QED) is 0.559. The molecule has 0 aliphatic carbocycles. The molecular weight excluding hydrogens is 384 g/mol. The van der Waals surface area contributed by atoms with Crippen LogP contribution in [0, 0.1) is 0 Å². The van der Waals surface area contributed by atoms with Gasteiger partial charge in [-0.1, -0.05) is 66.2 Å². The van der Waals surface area contributed by atoms with E-state index in [0.717, 1.165) is 54.4 Å². The number of carbonyl (C=O) groups is 1. The van der Waals surface area contributed by atoms with Crippen LogP contribution in [-0.4, -0.2) is 54.6 Å². The molecule has 0 bridgehead atoms. The molecule has 1 heterocycles. The van der Waals surface area contributed by atoms with Crippen LogP contribution < -0.4 is 5.43 Å². The van der Waals surface area contributed by atoms with Gasteiger partial charge in [0.15, 0.2) is 0 Å². The standard InChI is InChI=1S/C23H27ClN4O/c1-19(15-20-7-3-2-4-8-20)16-25-26-23(29)18-28-13-11-27(12-14-28)17-21-9-5-6-10-22(21)24/h2-10,15-16H,11-14,17-18H2,1H3,(H,26,29)/b19-15+,25-16?. The molecule has 1 aliphatic heterocycles. The number of carbonyl (C=O) groups excluding carboxylic acids is 1. The average molecular weight is 411 g/mol. The Morgan fingerprint density at radius 1 is 1.03 bits per heavy atom. The smallest absolute Gasteiger partial charge is 0.254 e. The first-order chi connectivity index (χ1) is 14.1. The van der Waals surface area contributed by atoms with Gasteiger partial charge in [-0.2, -0.15) is 5.10 Å². The van der Waals surface area contributed by atoms with Crippen LogP contribution in [0.2, 0.25) is 5.02 Å². The number of piperazine rings is 1. The number of halogens is 1. The molecule has 1 saturated heterocycles. The zero-order valence-electron chi connectivity index (χ0n) is 16.7. The van der Waals surface area contributed by atoms with Crippen molar-refractivity contribution >= 4 is 29.8 Å². The first kappa shape index (κ1) is 21.2. The van der Waals surface area contributed by atoms with Crippen LogP contribution in [0.1, 0.15) is 18.1 Å². The van der Waals surface area contributed by atoms with Crippen LogP contribution in [-0.2, 0) is 11.3 Å². The van der Waals surface area contributed by atoms with Gasteiger partial charge in [-0.3, -0.25) is 14.6 Å². The summed E-state index contributed by atoms with van der Waals surface area (Å²) < 4.78 is 0. The number of allylic oxidation sites excluding steroid dienone is 1. The van der Waals surface area contributed by atoms with E-state index in [0.29, 0.717) is 6.54 Å². The average Bonchev–Trinajstić information content (AvgIpc) is 2.72. The highest BCUT2D eigenvalue weighted by Gasteiger charge is 2.19. The van der Waals surface area contributed by atoms with E-state index in [1.165, 1.54) is 0 Å². The molecular formula is C23H27ClN4O. The summed E-state index contributed by atoms with van der Waals surface area (Å²) in [6.07, 6.45) is 3.69. The number of amides is 1. The van der Waals surface area contributed by atoms with E-state index in [1.807, 2.05) is 61.5 Å². The van der Waals surface area contributed by atoms with Crippen molar-refractivity contribution in [1.29, 1.82) is 0 Å². The lowest BCUT2D eigenvalue weighted by molar-refractivity contribution is -0.122. The van der Waals surface area contributed by atoms with Crippen LogP contribution in [0.3, 0.4) is 0 Å². The van der Waals surface area contributed by atoms with Crippen LogP contribution in [0.25, 0.3) is 6.08 Å². The minimum atomic E-state index is -0.0895. The van der Waals surface area contributed by atoms with Gasteiger partial charge >= 0.3 is 0 Å². The van der Waals surface area contributed by atoms with Crippen molar-refractivity contribution in [3.8, 4) is 0 Å². The SMILES string of the molecule is C/C(C=NNC(=O)CN1CCN(Cc2ccccc2Cl)CC1)=C\c1ccccc1. The number of rotatable bonds is 7. The van der Waals surface area contributed by atoms with Crippen molar-refractivity contribution in [1.82, 2.24) is 15.2 Å². The number of nitrogens with zero attached hydrogens (tertiary/aromatic N) is 3. The molecule has 1 amide bonds. The summed E-state index contributed by atoms with van der Waals surface area (Å²) in [5, 5.41) is 4.88. The molecule has 0 aromatic heterocycles. The summed E-state index contributed by atoms with van der Waals surface area (Å²) in [7, 11) is 0. The maximum Gasteiger partial charge on any atom is 0.254 e. The zero-order chi connectivity index (χ0) is 20.5. The monoisotopic (exact) mass is 410 g/mol. The lowest BCUT2D eigenvalue weighted by atomic mass is 10.1. The third kappa shape index (κ3) is 7.13. The van der Waals surface area contributed by atoms with E-state index in [4.69, 9.17) is 11.6 Å². The highest BCUT2D eigenvalue weighted by molar-refractivity contribution is 6.31. The van der Waals surface area contributed by atoms with E-state index >= 15 is 0 Å². The summed E-state index contributed by atoms with van der Waals surface area (Å²) in [5.74, 6) is -0.0895. The first-order valence-corrected chi connectivity index (χ1v) is 10.2. The lowest BCUT2D eigenvalue weighted by Crippen LogP contribution is -2.48. The summed E-state index contributed by atoms with van der Waals surface area (Å²) in [5.41, 5.74) is 5.85. The Morgan fingerprint density at radius 3 is 2.41 bits per heavy atom. The molecule has 3 rings (SSSR count). The van der Waals surface area contributed by atoms with Gasteiger partial charge in [0.25, 0.3) is 5.91 Å². The maximum atomic E-state index is 12.2. The number of hydrogen-bond donors (Lipinski definition) is 1. The van der Waals surface area contributed by atoms with E-state index in [9.17, 15) is 4.79 Å². The van der Waals surface area contributed by atoms with E-state index in [2.05, 4.69) is 26.4 Å². The summed E-state index contributed by atoms with van der Waals surface area (Å²) in [4.78, 5) is 16.7. The largest absolute Gasteiger partial charge is 0.296 e. The lowest BCUT2D eigenvalue weighted by Gasteiger charge is -2.34. The van der Waals surface area contributed by atoms with Crippen LogP contribution in [0.5, 0.6) is 0 Å². The molecule has 29 heavy (non-hydrogen) atoms. The van der Waals surface area contributed by atoms with E-state index in [-0.39, 0.29) is 5.91 Å². The molecule has 1 N–H and O–H groups in total. The van der Waals surface area contributed by atoms with Crippen molar-refractivity contribution < 1.29 is 4.79 Å². The predicted molar refractivity (Wildman–Crippen MR) is 120 cm³/mol. The summed E-state index contributed by atoms with van der Waals surface area (Å²) >= 11 is 6.25. The normalized spacial score (nSPS) is 16.3. The second-order valence-electron chi connectivity index (χ2n) is 7.24. The number of hydrazone groups is 1. The maximum absolute atomic E-state index is 12.2. The topological polar surface area (TPSA) is 47.9 Å². The Balaban J connectivity index is 1.38. The second-order valence-corrected chi connectivity index (χ2v) is 7.64. The van der Waals surface area contributed by atoms with Gasteiger partial charge in [-0.25, -0.2) is 5.43 Å². The van der Waals surface area contributed by atoms with Crippen LogP contribution >= 0.6 is 11.6 Å². The molecule has 0 atom stereocenters. The van der Waals surface area contributed by atoms with Gasteiger partial charge in [0, 0.05) is 37.7 Å². The summed E-state index contributed by atoms with van der Waals surface area (Å²) in [6, 6.07) is 18.0. The Kier molecular flexibility index (Phi) is 7.99. The Hall–Kier alpha value is -2.47. The minimum Gasteiger partial charge on any atom is -0.296 e. The fourth-order valence-corrected chi connectivity index (χ4v) is 3.46. The molecule has 0 spiro atoms. The third-order valence-electron chi connectivity index (χ3n) is 4.84. The fourth-order valence-electron chi connectivity index (χ4n) is 3.27. The van der Waals surface area contributed by atoms with Gasteiger partial charge < -0.3 is 0 Å². The van der Waals surface area contributed by atoms with Crippen molar-refractivity contribution in [2.45, 2.75) is 13.5 Å². The van der Waals surface area contributed by atoms with Gasteiger partial charge in [0.1, 0.15) is 0 Å². The molecule has 2 aromatic rings. The molecule has 1 aliphatic rings. The van der Waals surface area contributed by atoms with Gasteiger partial charge in [-0.15, -0.1) is 0 Å². The highest BCUT2D eigenvalue weighted by Crippen LogP contribution is 2.17.